The average molecular weight is 235 g/mol. The quantitative estimate of drug-likeness (QED) is 0.843. The number of aromatic hydroxyl groups is 1. The SMILES string of the molecule is Cc1cccc(C(=O)NC(C)CC(C)C)c1O. The number of hydrogen-bond acceptors (Lipinski definition) is 2. The Morgan fingerprint density at radius 1 is 1.35 bits per heavy atom. The van der Waals surface area contributed by atoms with E-state index in [9.17, 15) is 9.90 Å². The van der Waals surface area contributed by atoms with Gasteiger partial charge in [0.1, 0.15) is 5.75 Å². The molecule has 0 aliphatic heterocycles. The molecule has 1 unspecified atom stereocenters. The second kappa shape index (κ2) is 5.71. The second-order valence-electron chi connectivity index (χ2n) is 4.98. The van der Waals surface area contributed by atoms with Gasteiger partial charge in [0.25, 0.3) is 5.91 Å². The Balaban J connectivity index is 2.73. The molecular formula is C14H21NO2. The number of phenols is 1. The van der Waals surface area contributed by atoms with E-state index in [1.807, 2.05) is 6.92 Å². The maximum Gasteiger partial charge on any atom is 0.255 e. The largest absolute Gasteiger partial charge is 0.507 e. The molecule has 3 nitrogen and oxygen atoms in total. The van der Waals surface area contributed by atoms with Gasteiger partial charge in [0.15, 0.2) is 0 Å². The first-order valence-corrected chi connectivity index (χ1v) is 6.01. The zero-order chi connectivity index (χ0) is 13.0. The summed E-state index contributed by atoms with van der Waals surface area (Å²) in [6.07, 6.45) is 0.929. The van der Waals surface area contributed by atoms with Crippen LogP contribution < -0.4 is 5.32 Å². The molecule has 1 aromatic rings. The summed E-state index contributed by atoms with van der Waals surface area (Å²) in [5, 5.41) is 12.7. The van der Waals surface area contributed by atoms with Crippen LogP contribution in [0.1, 0.15) is 43.1 Å². The number of aryl methyl sites for hydroxylation is 1. The van der Waals surface area contributed by atoms with Gasteiger partial charge in [0.2, 0.25) is 0 Å². The van der Waals surface area contributed by atoms with Crippen LogP contribution in [0.2, 0.25) is 0 Å². The first-order valence-electron chi connectivity index (χ1n) is 6.01. The third-order valence-electron chi connectivity index (χ3n) is 2.68. The zero-order valence-corrected chi connectivity index (χ0v) is 10.9. The highest BCUT2D eigenvalue weighted by Gasteiger charge is 2.15. The van der Waals surface area contributed by atoms with E-state index >= 15 is 0 Å². The number of carbonyl (C=O) groups excluding carboxylic acids is 1. The molecule has 0 saturated carbocycles. The highest BCUT2D eigenvalue weighted by molar-refractivity contribution is 5.97. The van der Waals surface area contributed by atoms with Gasteiger partial charge in [0.05, 0.1) is 5.56 Å². The standard InChI is InChI=1S/C14H21NO2/c1-9(2)8-11(4)15-14(17)12-7-5-6-10(3)13(12)16/h5-7,9,11,16H,8H2,1-4H3,(H,15,17). The third kappa shape index (κ3) is 3.77. The molecule has 94 valence electrons. The molecule has 1 aromatic carbocycles. The average Bonchev–Trinajstić information content (AvgIpc) is 2.20. The van der Waals surface area contributed by atoms with Gasteiger partial charge in [-0.3, -0.25) is 4.79 Å². The van der Waals surface area contributed by atoms with E-state index in [-0.39, 0.29) is 17.7 Å². The number of hydrogen-bond donors (Lipinski definition) is 2. The summed E-state index contributed by atoms with van der Waals surface area (Å²) in [7, 11) is 0. The highest BCUT2D eigenvalue weighted by Crippen LogP contribution is 2.21. The first kappa shape index (κ1) is 13.6. The third-order valence-corrected chi connectivity index (χ3v) is 2.68. The van der Waals surface area contributed by atoms with Crippen molar-refractivity contribution in [2.45, 2.75) is 40.2 Å². The molecule has 1 rings (SSSR count). The van der Waals surface area contributed by atoms with Gasteiger partial charge in [-0.2, -0.15) is 0 Å². The molecular weight excluding hydrogens is 214 g/mol. The van der Waals surface area contributed by atoms with Crippen LogP contribution in [0.5, 0.6) is 5.75 Å². The predicted molar refractivity (Wildman–Crippen MR) is 69.2 cm³/mol. The summed E-state index contributed by atoms with van der Waals surface area (Å²) in [5.74, 6) is 0.400. The second-order valence-corrected chi connectivity index (χ2v) is 4.98. The topological polar surface area (TPSA) is 49.3 Å². The lowest BCUT2D eigenvalue weighted by molar-refractivity contribution is 0.0933. The van der Waals surface area contributed by atoms with E-state index in [0.717, 1.165) is 6.42 Å². The summed E-state index contributed by atoms with van der Waals surface area (Å²) in [5.41, 5.74) is 1.06. The number of amides is 1. The van der Waals surface area contributed by atoms with E-state index in [1.165, 1.54) is 0 Å². The maximum atomic E-state index is 11.9. The van der Waals surface area contributed by atoms with Gasteiger partial charge >= 0.3 is 0 Å². The van der Waals surface area contributed by atoms with Gasteiger partial charge in [-0.1, -0.05) is 26.0 Å². The molecule has 3 heteroatoms. The molecule has 0 spiro atoms. The Bertz CT molecular complexity index is 399. The Labute approximate surface area is 103 Å². The molecule has 2 N–H and O–H groups in total. The normalized spacial score (nSPS) is 12.5. The van der Waals surface area contributed by atoms with Crippen molar-refractivity contribution < 1.29 is 9.90 Å². The molecule has 0 aliphatic rings. The number of benzene rings is 1. The molecule has 1 amide bonds. The number of para-hydroxylation sites is 1. The van der Waals surface area contributed by atoms with Crippen molar-refractivity contribution in [3.05, 3.63) is 29.3 Å². The van der Waals surface area contributed by atoms with Crippen LogP contribution in [0.3, 0.4) is 0 Å². The Morgan fingerprint density at radius 3 is 2.59 bits per heavy atom. The van der Waals surface area contributed by atoms with Gasteiger partial charge in [-0.05, 0) is 37.8 Å². The van der Waals surface area contributed by atoms with Crippen molar-refractivity contribution in [2.75, 3.05) is 0 Å². The number of nitrogens with one attached hydrogen (secondary N) is 1. The fraction of sp³-hybridized carbons (Fsp3) is 0.500. The number of rotatable bonds is 4. The summed E-state index contributed by atoms with van der Waals surface area (Å²) in [4.78, 5) is 11.9. The van der Waals surface area contributed by atoms with Crippen LogP contribution in [0.25, 0.3) is 0 Å². The van der Waals surface area contributed by atoms with E-state index in [0.29, 0.717) is 17.0 Å². The Kier molecular flexibility index (Phi) is 4.55. The molecule has 0 fully saturated rings. The van der Waals surface area contributed by atoms with Crippen LogP contribution >= 0.6 is 0 Å². The number of carbonyl (C=O) groups is 1. The molecule has 1 atom stereocenters. The van der Waals surface area contributed by atoms with Crippen LogP contribution in [-0.4, -0.2) is 17.1 Å². The van der Waals surface area contributed by atoms with Crippen molar-refractivity contribution in [1.82, 2.24) is 5.32 Å². The minimum absolute atomic E-state index is 0.0711. The van der Waals surface area contributed by atoms with Crippen LogP contribution in [0, 0.1) is 12.8 Å². The van der Waals surface area contributed by atoms with Crippen LogP contribution in [0.15, 0.2) is 18.2 Å². The van der Waals surface area contributed by atoms with Gasteiger partial charge in [-0.25, -0.2) is 0 Å². The predicted octanol–water partition coefficient (Wildman–Crippen LogP) is 2.87. The van der Waals surface area contributed by atoms with Crippen molar-refractivity contribution in [2.24, 2.45) is 5.92 Å². The van der Waals surface area contributed by atoms with Crippen molar-refractivity contribution >= 4 is 5.91 Å². The smallest absolute Gasteiger partial charge is 0.255 e. The number of phenolic OH excluding ortho intramolecular Hbond substituents is 1. The molecule has 0 saturated heterocycles. The zero-order valence-electron chi connectivity index (χ0n) is 10.9. The van der Waals surface area contributed by atoms with Gasteiger partial charge in [0, 0.05) is 6.04 Å². The van der Waals surface area contributed by atoms with Crippen molar-refractivity contribution in [3.63, 3.8) is 0 Å². The molecule has 0 heterocycles. The van der Waals surface area contributed by atoms with Crippen LogP contribution in [-0.2, 0) is 0 Å². The van der Waals surface area contributed by atoms with Crippen molar-refractivity contribution in [3.8, 4) is 5.75 Å². The first-order chi connectivity index (χ1) is 7.91. The minimum atomic E-state index is -0.209. The fourth-order valence-corrected chi connectivity index (χ4v) is 1.91. The Hall–Kier alpha value is -1.51. The monoisotopic (exact) mass is 235 g/mol. The fourth-order valence-electron chi connectivity index (χ4n) is 1.91. The molecule has 0 bridgehead atoms. The van der Waals surface area contributed by atoms with E-state index < -0.39 is 0 Å². The summed E-state index contributed by atoms with van der Waals surface area (Å²) >= 11 is 0. The van der Waals surface area contributed by atoms with E-state index in [1.54, 1.807) is 25.1 Å². The summed E-state index contributed by atoms with van der Waals surface area (Å²) in [6.45, 7) is 7.99. The molecule has 0 aliphatic carbocycles. The molecule has 0 radical (unpaired) electrons. The molecule has 0 aromatic heterocycles. The van der Waals surface area contributed by atoms with E-state index in [4.69, 9.17) is 0 Å². The lowest BCUT2D eigenvalue weighted by atomic mass is 10.0. The summed E-state index contributed by atoms with van der Waals surface area (Å²) in [6, 6.07) is 5.31. The van der Waals surface area contributed by atoms with Gasteiger partial charge in [-0.15, -0.1) is 0 Å². The minimum Gasteiger partial charge on any atom is -0.507 e. The maximum absolute atomic E-state index is 11.9. The van der Waals surface area contributed by atoms with Gasteiger partial charge < -0.3 is 10.4 Å². The summed E-state index contributed by atoms with van der Waals surface area (Å²) < 4.78 is 0. The Morgan fingerprint density at radius 2 is 2.00 bits per heavy atom. The highest BCUT2D eigenvalue weighted by atomic mass is 16.3. The van der Waals surface area contributed by atoms with E-state index in [2.05, 4.69) is 19.2 Å². The molecule has 17 heavy (non-hydrogen) atoms. The lowest BCUT2D eigenvalue weighted by Gasteiger charge is -2.16. The van der Waals surface area contributed by atoms with Crippen LogP contribution in [0.4, 0.5) is 0 Å². The van der Waals surface area contributed by atoms with Crippen molar-refractivity contribution in [1.29, 1.82) is 0 Å². The lowest BCUT2D eigenvalue weighted by Crippen LogP contribution is -2.33.